The van der Waals surface area contributed by atoms with Crippen molar-refractivity contribution in [2.24, 2.45) is 0 Å². The van der Waals surface area contributed by atoms with Gasteiger partial charge in [0.25, 0.3) is 0 Å². The van der Waals surface area contributed by atoms with E-state index in [1.165, 1.54) is 43.7 Å². The van der Waals surface area contributed by atoms with Crippen LogP contribution in [0.1, 0.15) is 40.0 Å². The summed E-state index contributed by atoms with van der Waals surface area (Å²) in [6.07, 6.45) is 5.35. The number of rotatable bonds is 4. The fraction of sp³-hybridized carbons (Fsp3) is 0.467. The summed E-state index contributed by atoms with van der Waals surface area (Å²) in [4.78, 5) is 10.7. The van der Waals surface area contributed by atoms with E-state index in [4.69, 9.17) is 9.47 Å². The Labute approximate surface area is 127 Å². The maximum atomic E-state index is 10.6. The molecule has 2 aromatic heterocycles. The first-order valence-electron chi connectivity index (χ1n) is 6.97. The van der Waals surface area contributed by atoms with Gasteiger partial charge in [0.1, 0.15) is 11.8 Å². The van der Waals surface area contributed by atoms with Crippen molar-refractivity contribution in [1.82, 2.24) is 9.97 Å². The Morgan fingerprint density at radius 2 is 2.05 bits per heavy atom. The zero-order valence-corrected chi connectivity index (χ0v) is 12.9. The minimum Gasteiger partial charge on any atom is -0.480 e. The zero-order chi connectivity index (χ0) is 14.8. The summed E-state index contributed by atoms with van der Waals surface area (Å²) in [5.74, 6) is 0.668. The third-order valence-electron chi connectivity index (χ3n) is 3.69. The highest BCUT2D eigenvalue weighted by Crippen LogP contribution is 2.36. The molecule has 0 spiro atoms. The van der Waals surface area contributed by atoms with Crippen molar-refractivity contribution in [1.29, 1.82) is 0 Å². The van der Waals surface area contributed by atoms with Crippen LogP contribution in [0.3, 0.4) is 0 Å². The molecule has 0 saturated carbocycles. The molecular weight excluding hydrogens is 288 g/mol. The normalized spacial score (nSPS) is 15.4. The Morgan fingerprint density at radius 1 is 1.24 bits per heavy atom. The molecule has 0 bridgehead atoms. The molecule has 0 fully saturated rings. The van der Waals surface area contributed by atoms with Gasteiger partial charge in [0.05, 0.1) is 20.4 Å². The second kappa shape index (κ2) is 5.99. The van der Waals surface area contributed by atoms with E-state index in [0.717, 1.165) is 17.7 Å². The van der Waals surface area contributed by atoms with Crippen LogP contribution < -0.4 is 9.47 Å². The summed E-state index contributed by atoms with van der Waals surface area (Å²) in [5.41, 5.74) is 1.79. The third-order valence-corrected chi connectivity index (χ3v) is 4.98. The summed E-state index contributed by atoms with van der Waals surface area (Å²) in [7, 11) is 3.03. The minimum atomic E-state index is -0.811. The third kappa shape index (κ3) is 2.73. The van der Waals surface area contributed by atoms with Gasteiger partial charge in [0.15, 0.2) is 0 Å². The lowest BCUT2D eigenvalue weighted by atomic mass is 9.99. The van der Waals surface area contributed by atoms with E-state index in [9.17, 15) is 5.11 Å². The Balaban J connectivity index is 1.94. The van der Waals surface area contributed by atoms with Crippen LogP contribution in [0.5, 0.6) is 11.8 Å². The standard InChI is InChI=1S/C15H18N2O3S/c1-19-12-8-16-13(15(17-12)20-2)14(18)11-7-9-5-3-4-6-10(9)21-11/h7-8,14,18H,3-6H2,1-2H3. The van der Waals surface area contributed by atoms with Crippen LogP contribution in [0.2, 0.25) is 0 Å². The van der Waals surface area contributed by atoms with Gasteiger partial charge in [-0.3, -0.25) is 0 Å². The van der Waals surface area contributed by atoms with E-state index in [-0.39, 0.29) is 0 Å². The van der Waals surface area contributed by atoms with Gasteiger partial charge in [-0.2, -0.15) is 4.98 Å². The number of fused-ring (bicyclic) bond motifs is 1. The largest absolute Gasteiger partial charge is 0.480 e. The second-order valence-corrected chi connectivity index (χ2v) is 6.18. The number of aliphatic hydroxyl groups is 1. The van der Waals surface area contributed by atoms with E-state index in [1.54, 1.807) is 11.3 Å². The van der Waals surface area contributed by atoms with Gasteiger partial charge < -0.3 is 14.6 Å². The molecule has 0 amide bonds. The summed E-state index contributed by atoms with van der Waals surface area (Å²) in [6.45, 7) is 0. The number of hydrogen-bond acceptors (Lipinski definition) is 6. The molecule has 2 heterocycles. The predicted molar refractivity (Wildman–Crippen MR) is 80.2 cm³/mol. The molecule has 0 saturated heterocycles. The molecule has 0 aromatic carbocycles. The van der Waals surface area contributed by atoms with Gasteiger partial charge in [-0.1, -0.05) is 0 Å². The van der Waals surface area contributed by atoms with Crippen LogP contribution in [0.15, 0.2) is 12.3 Å². The average molecular weight is 306 g/mol. The molecule has 1 N–H and O–H groups in total. The number of hydrogen-bond donors (Lipinski definition) is 1. The quantitative estimate of drug-likeness (QED) is 0.940. The number of ether oxygens (including phenoxy) is 2. The van der Waals surface area contributed by atoms with E-state index < -0.39 is 6.10 Å². The molecule has 21 heavy (non-hydrogen) atoms. The van der Waals surface area contributed by atoms with Crippen LogP contribution in [-0.2, 0) is 12.8 Å². The van der Waals surface area contributed by atoms with E-state index in [1.807, 2.05) is 0 Å². The Morgan fingerprint density at radius 3 is 2.76 bits per heavy atom. The lowest BCUT2D eigenvalue weighted by Gasteiger charge is -2.12. The van der Waals surface area contributed by atoms with Crippen molar-refractivity contribution in [2.75, 3.05) is 14.2 Å². The van der Waals surface area contributed by atoms with Gasteiger partial charge in [-0.05, 0) is 37.3 Å². The van der Waals surface area contributed by atoms with Crippen molar-refractivity contribution in [3.05, 3.63) is 33.3 Å². The first kappa shape index (κ1) is 14.3. The SMILES string of the molecule is COc1cnc(C(O)c2cc3c(s2)CCCC3)c(OC)n1. The van der Waals surface area contributed by atoms with Gasteiger partial charge in [0, 0.05) is 9.75 Å². The monoisotopic (exact) mass is 306 g/mol. The van der Waals surface area contributed by atoms with Gasteiger partial charge in [0.2, 0.25) is 11.8 Å². The van der Waals surface area contributed by atoms with Crippen LogP contribution in [-0.4, -0.2) is 29.3 Å². The van der Waals surface area contributed by atoms with Crippen LogP contribution >= 0.6 is 11.3 Å². The highest BCUT2D eigenvalue weighted by atomic mass is 32.1. The van der Waals surface area contributed by atoms with Gasteiger partial charge in [-0.25, -0.2) is 4.98 Å². The molecule has 1 aliphatic carbocycles. The zero-order valence-electron chi connectivity index (χ0n) is 12.1. The van der Waals surface area contributed by atoms with Gasteiger partial charge >= 0.3 is 0 Å². The molecule has 0 aliphatic heterocycles. The van der Waals surface area contributed by atoms with Crippen molar-refractivity contribution in [3.8, 4) is 11.8 Å². The number of methoxy groups -OCH3 is 2. The average Bonchev–Trinajstić information content (AvgIpc) is 2.97. The Hall–Kier alpha value is -1.66. The number of aromatic nitrogens is 2. The second-order valence-electron chi connectivity index (χ2n) is 5.01. The number of aliphatic hydroxyl groups excluding tert-OH is 1. The summed E-state index contributed by atoms with van der Waals surface area (Å²) in [6, 6.07) is 2.09. The van der Waals surface area contributed by atoms with E-state index >= 15 is 0 Å². The molecule has 1 atom stereocenters. The van der Waals surface area contributed by atoms with E-state index in [0.29, 0.717) is 17.5 Å². The molecule has 1 aliphatic rings. The van der Waals surface area contributed by atoms with Crippen molar-refractivity contribution in [3.63, 3.8) is 0 Å². The molecule has 2 aromatic rings. The van der Waals surface area contributed by atoms with Crippen molar-refractivity contribution < 1.29 is 14.6 Å². The Kier molecular flexibility index (Phi) is 4.07. The highest BCUT2D eigenvalue weighted by Gasteiger charge is 2.23. The topological polar surface area (TPSA) is 64.5 Å². The number of thiophene rings is 1. The molecular formula is C15H18N2O3S. The Bertz CT molecular complexity index is 618. The fourth-order valence-corrected chi connectivity index (χ4v) is 3.83. The first-order valence-corrected chi connectivity index (χ1v) is 7.79. The molecule has 6 heteroatoms. The fourth-order valence-electron chi connectivity index (χ4n) is 2.59. The summed E-state index contributed by atoms with van der Waals surface area (Å²) >= 11 is 1.66. The smallest absolute Gasteiger partial charge is 0.241 e. The van der Waals surface area contributed by atoms with E-state index in [2.05, 4.69) is 16.0 Å². The van der Waals surface area contributed by atoms with Gasteiger partial charge in [-0.15, -0.1) is 11.3 Å². The minimum absolute atomic E-state index is 0.299. The highest BCUT2D eigenvalue weighted by molar-refractivity contribution is 7.12. The maximum Gasteiger partial charge on any atom is 0.241 e. The number of nitrogens with zero attached hydrogens (tertiary/aromatic N) is 2. The molecule has 112 valence electrons. The molecule has 3 rings (SSSR count). The van der Waals surface area contributed by atoms with Crippen molar-refractivity contribution >= 4 is 11.3 Å². The summed E-state index contributed by atoms with van der Waals surface area (Å²) < 4.78 is 10.3. The molecule has 5 nitrogen and oxygen atoms in total. The molecule has 0 radical (unpaired) electrons. The summed E-state index contributed by atoms with van der Waals surface area (Å²) in [5, 5.41) is 10.6. The van der Waals surface area contributed by atoms with Crippen molar-refractivity contribution in [2.45, 2.75) is 31.8 Å². The maximum absolute atomic E-state index is 10.6. The predicted octanol–water partition coefficient (Wildman–Crippen LogP) is 2.52. The number of aryl methyl sites for hydroxylation is 2. The van der Waals surface area contributed by atoms with Crippen LogP contribution in [0, 0.1) is 0 Å². The van der Waals surface area contributed by atoms with Crippen LogP contribution in [0.25, 0.3) is 0 Å². The first-order chi connectivity index (χ1) is 10.2. The molecule has 1 unspecified atom stereocenters. The lowest BCUT2D eigenvalue weighted by molar-refractivity contribution is 0.210. The lowest BCUT2D eigenvalue weighted by Crippen LogP contribution is -2.06. The van der Waals surface area contributed by atoms with Crippen LogP contribution in [0.4, 0.5) is 0 Å².